The van der Waals surface area contributed by atoms with Crippen molar-refractivity contribution in [1.29, 1.82) is 0 Å². The number of fused-ring (bicyclic) bond motifs is 1. The van der Waals surface area contributed by atoms with Crippen LogP contribution in [-0.2, 0) is 12.8 Å². The highest BCUT2D eigenvalue weighted by Crippen LogP contribution is 2.42. The van der Waals surface area contributed by atoms with E-state index in [0.717, 1.165) is 12.8 Å². The van der Waals surface area contributed by atoms with Gasteiger partial charge in [0.05, 0.1) is 0 Å². The molecule has 0 N–H and O–H groups in total. The summed E-state index contributed by atoms with van der Waals surface area (Å²) in [4.78, 5) is 0. The molecule has 4 rings (SSSR count). The predicted molar refractivity (Wildman–Crippen MR) is 118 cm³/mol. The van der Waals surface area contributed by atoms with E-state index in [-0.39, 0.29) is 0 Å². The number of aryl methyl sites for hydroxylation is 1. The third-order valence-electron chi connectivity index (χ3n) is 6.05. The molecule has 136 valence electrons. The summed E-state index contributed by atoms with van der Waals surface area (Å²) in [5, 5.41) is 0. The van der Waals surface area contributed by atoms with E-state index < -0.39 is 0 Å². The van der Waals surface area contributed by atoms with Gasteiger partial charge in [0.15, 0.2) is 0 Å². The van der Waals surface area contributed by atoms with Gasteiger partial charge < -0.3 is 0 Å². The lowest BCUT2D eigenvalue weighted by atomic mass is 9.87. The normalized spacial score (nSPS) is 14.0. The van der Waals surface area contributed by atoms with Crippen LogP contribution in [0.4, 0.5) is 0 Å². The lowest BCUT2D eigenvalue weighted by Crippen LogP contribution is -1.98. The highest BCUT2D eigenvalue weighted by molar-refractivity contribution is 5.91. The van der Waals surface area contributed by atoms with Gasteiger partial charge in [0.1, 0.15) is 0 Å². The molecule has 0 fully saturated rings. The van der Waals surface area contributed by atoms with E-state index in [1.54, 1.807) is 5.57 Å². The van der Waals surface area contributed by atoms with Crippen LogP contribution in [0.1, 0.15) is 43.9 Å². The first-order valence-corrected chi connectivity index (χ1v) is 10.2. The van der Waals surface area contributed by atoms with Crippen LogP contribution in [0, 0.1) is 5.92 Å². The molecule has 1 aliphatic rings. The maximum atomic E-state index is 2.49. The molecule has 0 radical (unpaired) electrons. The highest BCUT2D eigenvalue weighted by Gasteiger charge is 2.22. The summed E-state index contributed by atoms with van der Waals surface area (Å²) in [7, 11) is 0. The van der Waals surface area contributed by atoms with Crippen molar-refractivity contribution < 1.29 is 0 Å². The number of hydrogen-bond donors (Lipinski definition) is 0. The zero-order chi connectivity index (χ0) is 18.8. The third kappa shape index (κ3) is 3.25. The summed E-state index contributed by atoms with van der Waals surface area (Å²) in [5.41, 5.74) is 11.4. The van der Waals surface area contributed by atoms with Gasteiger partial charge in [-0.2, -0.15) is 0 Å². The standard InChI is InChI=1S/C27H28/c1-4-19(3)23-17-22-16-15-20(5-2)27(26(22)18-23)25-14-10-9-13-24(25)21-11-7-6-8-12-21/h6-16,18-19H,4-5,17H2,1-3H3. The third-order valence-corrected chi connectivity index (χ3v) is 6.05. The molecule has 0 heterocycles. The molecule has 0 aliphatic heterocycles. The zero-order valence-electron chi connectivity index (χ0n) is 16.6. The molecule has 3 aromatic carbocycles. The van der Waals surface area contributed by atoms with Crippen LogP contribution in [0.2, 0.25) is 0 Å². The lowest BCUT2D eigenvalue weighted by molar-refractivity contribution is 0.647. The Hall–Kier alpha value is -2.60. The summed E-state index contributed by atoms with van der Waals surface area (Å²) in [6.07, 6.45) is 5.85. The Labute approximate surface area is 163 Å². The van der Waals surface area contributed by atoms with Crippen molar-refractivity contribution in [1.82, 2.24) is 0 Å². The number of hydrogen-bond acceptors (Lipinski definition) is 0. The van der Waals surface area contributed by atoms with Crippen LogP contribution in [0.5, 0.6) is 0 Å². The van der Waals surface area contributed by atoms with Gasteiger partial charge >= 0.3 is 0 Å². The van der Waals surface area contributed by atoms with Gasteiger partial charge in [-0.15, -0.1) is 0 Å². The maximum Gasteiger partial charge on any atom is -0.00549 e. The molecular formula is C27H28. The Balaban J connectivity index is 1.94. The average Bonchev–Trinajstić information content (AvgIpc) is 3.17. The van der Waals surface area contributed by atoms with E-state index >= 15 is 0 Å². The Bertz CT molecular complexity index is 976. The topological polar surface area (TPSA) is 0 Å². The summed E-state index contributed by atoms with van der Waals surface area (Å²) in [5.74, 6) is 0.652. The number of rotatable bonds is 5. The summed E-state index contributed by atoms with van der Waals surface area (Å²) in [6, 6.07) is 24.4. The van der Waals surface area contributed by atoms with Gasteiger partial charge in [0.2, 0.25) is 0 Å². The Morgan fingerprint density at radius 1 is 0.815 bits per heavy atom. The monoisotopic (exact) mass is 352 g/mol. The first-order valence-electron chi connectivity index (χ1n) is 10.2. The molecule has 3 aromatic rings. The Morgan fingerprint density at radius 2 is 1.52 bits per heavy atom. The first kappa shape index (κ1) is 17.8. The van der Waals surface area contributed by atoms with Crippen molar-refractivity contribution in [3.8, 4) is 22.3 Å². The smallest absolute Gasteiger partial charge is 0.00549 e. The summed E-state index contributed by atoms with van der Waals surface area (Å²) >= 11 is 0. The van der Waals surface area contributed by atoms with E-state index in [1.807, 2.05) is 0 Å². The average molecular weight is 353 g/mol. The molecule has 1 aliphatic carbocycles. The van der Waals surface area contributed by atoms with Crippen LogP contribution < -0.4 is 0 Å². The predicted octanol–water partition coefficient (Wildman–Crippen LogP) is 7.57. The van der Waals surface area contributed by atoms with E-state index in [1.165, 1.54) is 45.4 Å². The molecule has 1 atom stereocenters. The molecule has 0 amide bonds. The van der Waals surface area contributed by atoms with E-state index in [9.17, 15) is 0 Å². The van der Waals surface area contributed by atoms with Crippen molar-refractivity contribution in [2.24, 2.45) is 5.92 Å². The molecule has 0 saturated heterocycles. The van der Waals surface area contributed by atoms with Crippen LogP contribution in [-0.4, -0.2) is 0 Å². The van der Waals surface area contributed by atoms with Crippen LogP contribution in [0.15, 0.2) is 72.3 Å². The minimum Gasteiger partial charge on any atom is -0.0648 e. The second-order valence-electron chi connectivity index (χ2n) is 7.64. The van der Waals surface area contributed by atoms with Gasteiger partial charge in [-0.25, -0.2) is 0 Å². The first-order chi connectivity index (χ1) is 13.2. The van der Waals surface area contributed by atoms with Gasteiger partial charge in [-0.1, -0.05) is 99.2 Å². The van der Waals surface area contributed by atoms with Crippen LogP contribution >= 0.6 is 0 Å². The van der Waals surface area contributed by atoms with Gasteiger partial charge in [0.25, 0.3) is 0 Å². The molecule has 0 aromatic heterocycles. The van der Waals surface area contributed by atoms with Crippen molar-refractivity contribution in [3.63, 3.8) is 0 Å². The lowest BCUT2D eigenvalue weighted by Gasteiger charge is -2.17. The number of allylic oxidation sites excluding steroid dienone is 1. The molecule has 0 bridgehead atoms. The zero-order valence-corrected chi connectivity index (χ0v) is 16.6. The van der Waals surface area contributed by atoms with E-state index in [0.29, 0.717) is 5.92 Å². The van der Waals surface area contributed by atoms with Crippen molar-refractivity contribution in [2.75, 3.05) is 0 Å². The van der Waals surface area contributed by atoms with E-state index in [2.05, 4.69) is 93.6 Å². The Morgan fingerprint density at radius 3 is 2.22 bits per heavy atom. The van der Waals surface area contributed by atoms with Gasteiger partial charge in [-0.05, 0) is 64.1 Å². The minimum atomic E-state index is 0.652. The largest absolute Gasteiger partial charge is 0.0648 e. The van der Waals surface area contributed by atoms with Crippen molar-refractivity contribution >= 4 is 6.08 Å². The summed E-state index contributed by atoms with van der Waals surface area (Å²) in [6.45, 7) is 6.91. The number of benzene rings is 3. The molecule has 0 nitrogen and oxygen atoms in total. The fourth-order valence-corrected chi connectivity index (χ4v) is 4.25. The van der Waals surface area contributed by atoms with Crippen molar-refractivity contribution in [3.05, 3.63) is 89.0 Å². The molecule has 0 heteroatoms. The Kier molecular flexibility index (Phi) is 4.99. The quantitative estimate of drug-likeness (QED) is 0.444. The van der Waals surface area contributed by atoms with Gasteiger partial charge in [0, 0.05) is 0 Å². The van der Waals surface area contributed by atoms with E-state index in [4.69, 9.17) is 0 Å². The van der Waals surface area contributed by atoms with Crippen molar-refractivity contribution in [2.45, 2.75) is 40.0 Å². The molecule has 0 spiro atoms. The fraction of sp³-hybridized carbons (Fsp3) is 0.259. The maximum absolute atomic E-state index is 2.49. The van der Waals surface area contributed by atoms with Gasteiger partial charge in [-0.3, -0.25) is 0 Å². The molecule has 27 heavy (non-hydrogen) atoms. The SMILES string of the molecule is CCc1ccc2c(c1-c1ccccc1-c1ccccc1)C=C(C(C)CC)C2. The molecular weight excluding hydrogens is 324 g/mol. The highest BCUT2D eigenvalue weighted by atomic mass is 14.3. The second-order valence-corrected chi connectivity index (χ2v) is 7.64. The molecule has 1 unspecified atom stereocenters. The molecule has 0 saturated carbocycles. The minimum absolute atomic E-state index is 0.652. The summed E-state index contributed by atoms with van der Waals surface area (Å²) < 4.78 is 0. The fourth-order valence-electron chi connectivity index (χ4n) is 4.25. The second kappa shape index (κ2) is 7.56. The van der Waals surface area contributed by atoms with Crippen LogP contribution in [0.3, 0.4) is 0 Å². The van der Waals surface area contributed by atoms with Crippen LogP contribution in [0.25, 0.3) is 28.3 Å².